The van der Waals surface area contributed by atoms with Crippen molar-refractivity contribution >= 4 is 17.7 Å². The highest BCUT2D eigenvalue weighted by Crippen LogP contribution is 2.36. The van der Waals surface area contributed by atoms with E-state index in [0.29, 0.717) is 0 Å². The van der Waals surface area contributed by atoms with Gasteiger partial charge in [-0.05, 0) is 40.8 Å². The van der Waals surface area contributed by atoms with Gasteiger partial charge in [0.05, 0.1) is 0 Å². The maximum Gasteiger partial charge on any atom is 0.0406 e. The van der Waals surface area contributed by atoms with Crippen molar-refractivity contribution in [3.8, 4) is 11.1 Å². The minimum absolute atomic E-state index is 0.780. The van der Waals surface area contributed by atoms with E-state index in [1.165, 1.54) is 27.8 Å². The maximum absolute atomic E-state index is 5.94. The molecule has 0 nitrogen and oxygen atoms in total. The molecule has 0 amide bonds. The van der Waals surface area contributed by atoms with Crippen LogP contribution < -0.4 is 0 Å². The maximum atomic E-state index is 5.94. The van der Waals surface area contributed by atoms with E-state index in [1.54, 1.807) is 0 Å². The Morgan fingerprint density at radius 3 is 2.50 bits per heavy atom. The van der Waals surface area contributed by atoms with Gasteiger partial charge < -0.3 is 0 Å². The Balaban J connectivity index is 2.12. The van der Waals surface area contributed by atoms with Gasteiger partial charge in [0, 0.05) is 11.4 Å². The zero-order chi connectivity index (χ0) is 12.5. The summed E-state index contributed by atoms with van der Waals surface area (Å²) >= 11 is 5.94. The van der Waals surface area contributed by atoms with E-state index >= 15 is 0 Å². The zero-order valence-electron chi connectivity index (χ0n) is 10.3. The summed E-state index contributed by atoms with van der Waals surface area (Å²) in [5.41, 5.74) is 6.55. The molecule has 1 heteroatoms. The predicted molar refractivity (Wildman–Crippen MR) is 78.6 cm³/mol. The SMILES string of the molecule is CCC1=Cc2c(cccc2-c2ccc(Cl)cc2)[CH]1. The van der Waals surface area contributed by atoms with E-state index in [9.17, 15) is 0 Å². The lowest BCUT2D eigenvalue weighted by atomic mass is 9.97. The Morgan fingerprint density at radius 1 is 1.00 bits per heavy atom. The smallest absolute Gasteiger partial charge is 0.0406 e. The van der Waals surface area contributed by atoms with E-state index in [4.69, 9.17) is 11.6 Å². The van der Waals surface area contributed by atoms with Gasteiger partial charge in [-0.25, -0.2) is 0 Å². The molecule has 0 aliphatic heterocycles. The van der Waals surface area contributed by atoms with Crippen LogP contribution in [0.2, 0.25) is 5.02 Å². The van der Waals surface area contributed by atoms with Crippen molar-refractivity contribution in [1.82, 2.24) is 0 Å². The summed E-state index contributed by atoms with van der Waals surface area (Å²) in [5.74, 6) is 0. The Bertz CT molecular complexity index is 606. The molecule has 0 spiro atoms. The molecule has 3 rings (SSSR count). The summed E-state index contributed by atoms with van der Waals surface area (Å²) in [7, 11) is 0. The van der Waals surface area contributed by atoms with E-state index < -0.39 is 0 Å². The van der Waals surface area contributed by atoms with Crippen molar-refractivity contribution in [2.75, 3.05) is 0 Å². The summed E-state index contributed by atoms with van der Waals surface area (Å²) in [6.45, 7) is 2.19. The van der Waals surface area contributed by atoms with Crippen LogP contribution in [-0.4, -0.2) is 0 Å². The molecule has 0 N–H and O–H groups in total. The summed E-state index contributed by atoms with van der Waals surface area (Å²) in [6, 6.07) is 14.5. The third kappa shape index (κ3) is 1.97. The van der Waals surface area contributed by atoms with Gasteiger partial charge >= 0.3 is 0 Å². The highest BCUT2D eigenvalue weighted by atomic mass is 35.5. The van der Waals surface area contributed by atoms with Crippen LogP contribution in [-0.2, 0) is 0 Å². The first-order valence-corrected chi connectivity index (χ1v) is 6.60. The second kappa shape index (κ2) is 4.62. The molecule has 0 atom stereocenters. The van der Waals surface area contributed by atoms with Crippen molar-refractivity contribution < 1.29 is 0 Å². The first-order valence-electron chi connectivity index (χ1n) is 6.22. The molecule has 0 unspecified atom stereocenters. The fourth-order valence-electron chi connectivity index (χ4n) is 2.38. The number of allylic oxidation sites excluding steroid dienone is 1. The lowest BCUT2D eigenvalue weighted by Gasteiger charge is -2.07. The molecule has 0 aromatic heterocycles. The Kier molecular flexibility index (Phi) is 2.97. The van der Waals surface area contributed by atoms with Crippen molar-refractivity contribution in [2.24, 2.45) is 0 Å². The normalized spacial score (nSPS) is 13.3. The molecule has 0 saturated carbocycles. The van der Waals surface area contributed by atoms with Gasteiger partial charge in [-0.2, -0.15) is 0 Å². The zero-order valence-corrected chi connectivity index (χ0v) is 11.0. The highest BCUT2D eigenvalue weighted by molar-refractivity contribution is 6.30. The van der Waals surface area contributed by atoms with Crippen molar-refractivity contribution in [3.63, 3.8) is 0 Å². The first kappa shape index (κ1) is 11.6. The van der Waals surface area contributed by atoms with Crippen LogP contribution in [0.4, 0.5) is 0 Å². The number of fused-ring (bicyclic) bond motifs is 1. The van der Waals surface area contributed by atoms with Crippen LogP contribution in [0.5, 0.6) is 0 Å². The molecule has 2 aromatic carbocycles. The minimum Gasteiger partial charge on any atom is -0.0843 e. The molecule has 1 aliphatic rings. The molecular weight excluding hydrogens is 240 g/mol. The van der Waals surface area contributed by atoms with Crippen molar-refractivity contribution in [2.45, 2.75) is 13.3 Å². The lowest BCUT2D eigenvalue weighted by molar-refractivity contribution is 1.14. The fraction of sp³-hybridized carbons (Fsp3) is 0.118. The topological polar surface area (TPSA) is 0 Å². The van der Waals surface area contributed by atoms with Crippen LogP contribution in [0.1, 0.15) is 24.5 Å². The standard InChI is InChI=1S/C17H14Cl/c1-2-12-10-14-4-3-5-16(17(14)11-12)13-6-8-15(18)9-7-13/h3-11H,2H2,1H3. The van der Waals surface area contributed by atoms with E-state index in [-0.39, 0.29) is 0 Å². The summed E-state index contributed by atoms with van der Waals surface area (Å²) in [5, 5.41) is 0.780. The highest BCUT2D eigenvalue weighted by Gasteiger charge is 2.15. The lowest BCUT2D eigenvalue weighted by Crippen LogP contribution is -1.86. The molecule has 18 heavy (non-hydrogen) atoms. The molecule has 89 valence electrons. The Hall–Kier alpha value is -1.53. The second-order valence-corrected chi connectivity index (χ2v) is 4.97. The number of halogens is 1. The largest absolute Gasteiger partial charge is 0.0843 e. The number of benzene rings is 2. The molecule has 0 bridgehead atoms. The Morgan fingerprint density at radius 2 is 1.78 bits per heavy atom. The predicted octanol–water partition coefficient (Wildman–Crippen LogP) is 5.37. The van der Waals surface area contributed by atoms with E-state index in [1.807, 2.05) is 12.1 Å². The summed E-state index contributed by atoms with van der Waals surface area (Å²) < 4.78 is 0. The minimum atomic E-state index is 0.780. The molecule has 2 aromatic rings. The van der Waals surface area contributed by atoms with Crippen molar-refractivity contribution in [1.29, 1.82) is 0 Å². The van der Waals surface area contributed by atoms with Gasteiger partial charge in [-0.3, -0.25) is 0 Å². The van der Waals surface area contributed by atoms with Crippen LogP contribution >= 0.6 is 11.6 Å². The van der Waals surface area contributed by atoms with E-state index in [0.717, 1.165) is 11.4 Å². The molecule has 1 aliphatic carbocycles. The van der Waals surface area contributed by atoms with Gasteiger partial charge in [0.15, 0.2) is 0 Å². The van der Waals surface area contributed by atoms with E-state index in [2.05, 4.69) is 49.8 Å². The average molecular weight is 254 g/mol. The average Bonchev–Trinajstić information content (AvgIpc) is 2.82. The molecule has 0 heterocycles. The van der Waals surface area contributed by atoms with Crippen LogP contribution in [0.15, 0.2) is 48.0 Å². The van der Waals surface area contributed by atoms with Crippen molar-refractivity contribution in [3.05, 3.63) is 70.6 Å². The third-order valence-electron chi connectivity index (χ3n) is 3.37. The third-order valence-corrected chi connectivity index (χ3v) is 3.63. The van der Waals surface area contributed by atoms with Gasteiger partial charge in [0.1, 0.15) is 0 Å². The quantitative estimate of drug-likeness (QED) is 0.675. The monoisotopic (exact) mass is 253 g/mol. The molecule has 0 saturated heterocycles. The molecule has 0 fully saturated rings. The van der Waals surface area contributed by atoms with Crippen LogP contribution in [0.3, 0.4) is 0 Å². The van der Waals surface area contributed by atoms with Gasteiger partial charge in [0.25, 0.3) is 0 Å². The van der Waals surface area contributed by atoms with Gasteiger partial charge in [0.2, 0.25) is 0 Å². The fourth-order valence-corrected chi connectivity index (χ4v) is 2.51. The number of hydrogen-bond donors (Lipinski definition) is 0. The first-order chi connectivity index (χ1) is 8.78. The van der Waals surface area contributed by atoms with Gasteiger partial charge in [-0.15, -0.1) is 0 Å². The second-order valence-electron chi connectivity index (χ2n) is 4.53. The summed E-state index contributed by atoms with van der Waals surface area (Å²) in [6.07, 6.45) is 5.64. The summed E-state index contributed by atoms with van der Waals surface area (Å²) in [4.78, 5) is 0. The Labute approximate surface area is 113 Å². The van der Waals surface area contributed by atoms with Crippen LogP contribution in [0.25, 0.3) is 17.2 Å². The van der Waals surface area contributed by atoms with Gasteiger partial charge in [-0.1, -0.05) is 60.5 Å². The van der Waals surface area contributed by atoms with Crippen LogP contribution in [0, 0.1) is 6.42 Å². The molecular formula is C17H14Cl. The number of rotatable bonds is 2. The molecule has 1 radical (unpaired) electrons. The number of hydrogen-bond acceptors (Lipinski definition) is 0.